The monoisotopic (exact) mass is 507 g/mol. The van der Waals surface area contributed by atoms with Gasteiger partial charge in [-0.2, -0.15) is 0 Å². The maximum Gasteiger partial charge on any atom is 0.336 e. The van der Waals surface area contributed by atoms with E-state index in [4.69, 9.17) is 14.5 Å². The number of nitrogens with zero attached hydrogens (tertiary/aromatic N) is 1. The van der Waals surface area contributed by atoms with Crippen molar-refractivity contribution in [3.05, 3.63) is 113 Å². The maximum absolute atomic E-state index is 13.9. The van der Waals surface area contributed by atoms with Gasteiger partial charge >= 0.3 is 5.97 Å². The van der Waals surface area contributed by atoms with Crippen LogP contribution in [0.2, 0.25) is 0 Å². The molecule has 1 heterocycles. The molecule has 0 radical (unpaired) electrons. The lowest BCUT2D eigenvalue weighted by Gasteiger charge is -2.38. The summed E-state index contributed by atoms with van der Waals surface area (Å²) in [6, 6.07) is 27.4. The van der Waals surface area contributed by atoms with Gasteiger partial charge in [0.1, 0.15) is 18.1 Å². The van der Waals surface area contributed by atoms with Gasteiger partial charge < -0.3 is 9.47 Å². The number of carbonyl (C=O) groups is 2. The fraction of sp³-hybridized carbons (Fsp3) is 0.303. The Morgan fingerprint density at radius 3 is 2.26 bits per heavy atom. The highest BCUT2D eigenvalue weighted by Crippen LogP contribution is 2.48. The number of carbonyl (C=O) groups excluding carboxylic acids is 2. The highest BCUT2D eigenvalue weighted by atomic mass is 16.5. The fourth-order valence-corrected chi connectivity index (χ4v) is 5.64. The first-order valence-corrected chi connectivity index (χ1v) is 13.2. The second-order valence-electron chi connectivity index (χ2n) is 10.3. The molecule has 3 unspecified atom stereocenters. The van der Waals surface area contributed by atoms with Crippen LogP contribution in [-0.2, 0) is 20.9 Å². The lowest BCUT2D eigenvalue weighted by molar-refractivity contribution is -0.140. The van der Waals surface area contributed by atoms with Crippen molar-refractivity contribution in [3.63, 3.8) is 0 Å². The number of aliphatic imine (C=N–C) groups is 1. The van der Waals surface area contributed by atoms with E-state index >= 15 is 0 Å². The second kappa shape index (κ2) is 11.2. The number of ether oxygens (including phenoxy) is 2. The van der Waals surface area contributed by atoms with E-state index in [9.17, 15) is 9.59 Å². The van der Waals surface area contributed by atoms with Gasteiger partial charge in [0, 0.05) is 29.3 Å². The molecular formula is C33H33NO4. The van der Waals surface area contributed by atoms with E-state index < -0.39 is 17.8 Å². The topological polar surface area (TPSA) is 65.0 Å². The molecule has 0 spiro atoms. The van der Waals surface area contributed by atoms with Gasteiger partial charge in [0.05, 0.1) is 17.6 Å². The van der Waals surface area contributed by atoms with Gasteiger partial charge in [-0.25, -0.2) is 4.79 Å². The van der Waals surface area contributed by atoms with Gasteiger partial charge in [-0.3, -0.25) is 9.79 Å². The number of rotatable bonds is 7. The SMILES string of the molecule is CC1=C(C(=O)OCc2ccccc2)C(c2ccccc2OC(C)C)C2C(=O)CC(c3ccccc3)CC2=N1. The molecule has 5 rings (SSSR count). The van der Waals surface area contributed by atoms with Gasteiger partial charge in [-0.15, -0.1) is 0 Å². The number of benzene rings is 3. The lowest BCUT2D eigenvalue weighted by atomic mass is 9.66. The van der Waals surface area contributed by atoms with Crippen LogP contribution in [0.3, 0.4) is 0 Å². The van der Waals surface area contributed by atoms with E-state index in [0.717, 1.165) is 22.4 Å². The third kappa shape index (κ3) is 5.33. The molecule has 1 aliphatic heterocycles. The van der Waals surface area contributed by atoms with Crippen molar-refractivity contribution in [1.29, 1.82) is 0 Å². The van der Waals surface area contributed by atoms with Crippen LogP contribution in [0.25, 0.3) is 0 Å². The van der Waals surface area contributed by atoms with Crippen LogP contribution >= 0.6 is 0 Å². The molecule has 38 heavy (non-hydrogen) atoms. The molecule has 3 aromatic carbocycles. The molecule has 0 aromatic heterocycles. The molecular weight excluding hydrogens is 474 g/mol. The van der Waals surface area contributed by atoms with Crippen LogP contribution in [0.1, 0.15) is 62.1 Å². The summed E-state index contributed by atoms with van der Waals surface area (Å²) in [4.78, 5) is 32.4. The first-order valence-electron chi connectivity index (χ1n) is 13.2. The predicted molar refractivity (Wildman–Crippen MR) is 148 cm³/mol. The van der Waals surface area contributed by atoms with Crippen LogP contribution in [0, 0.1) is 5.92 Å². The average Bonchev–Trinajstić information content (AvgIpc) is 2.92. The second-order valence-corrected chi connectivity index (χ2v) is 10.3. The zero-order valence-electron chi connectivity index (χ0n) is 22.1. The Morgan fingerprint density at radius 1 is 0.895 bits per heavy atom. The molecule has 0 amide bonds. The van der Waals surface area contributed by atoms with Gasteiger partial charge in [0.15, 0.2) is 0 Å². The number of esters is 1. The van der Waals surface area contributed by atoms with Gasteiger partial charge in [-0.1, -0.05) is 78.9 Å². The lowest BCUT2D eigenvalue weighted by Crippen LogP contribution is -2.41. The Balaban J connectivity index is 1.56. The molecule has 5 nitrogen and oxygen atoms in total. The minimum atomic E-state index is -0.533. The smallest absolute Gasteiger partial charge is 0.336 e. The first-order chi connectivity index (χ1) is 18.4. The normalized spacial score (nSPS) is 21.1. The summed E-state index contributed by atoms with van der Waals surface area (Å²) in [5.41, 5.74) is 4.71. The summed E-state index contributed by atoms with van der Waals surface area (Å²) in [6.07, 6.45) is 1.02. The van der Waals surface area contributed by atoms with Crippen molar-refractivity contribution in [3.8, 4) is 5.75 Å². The molecule has 5 heteroatoms. The molecule has 1 fully saturated rings. The minimum Gasteiger partial charge on any atom is -0.491 e. The van der Waals surface area contributed by atoms with Crippen LogP contribution in [0.4, 0.5) is 0 Å². The molecule has 1 saturated carbocycles. The quantitative estimate of drug-likeness (QED) is 0.330. The largest absolute Gasteiger partial charge is 0.491 e. The predicted octanol–water partition coefficient (Wildman–Crippen LogP) is 6.79. The van der Waals surface area contributed by atoms with E-state index in [1.54, 1.807) is 0 Å². The van der Waals surface area contributed by atoms with Crippen molar-refractivity contribution in [2.75, 3.05) is 0 Å². The molecule has 0 bridgehead atoms. The first kappa shape index (κ1) is 25.7. The zero-order chi connectivity index (χ0) is 26.6. The maximum atomic E-state index is 13.9. The van der Waals surface area contributed by atoms with Crippen molar-refractivity contribution in [2.24, 2.45) is 10.9 Å². The van der Waals surface area contributed by atoms with Crippen molar-refractivity contribution >= 4 is 17.5 Å². The molecule has 0 N–H and O–H groups in total. The van der Waals surface area contributed by atoms with Crippen LogP contribution in [-0.4, -0.2) is 23.6 Å². The summed E-state index contributed by atoms with van der Waals surface area (Å²) < 4.78 is 12.0. The van der Waals surface area contributed by atoms with Crippen LogP contribution in [0.5, 0.6) is 5.75 Å². The fourth-order valence-electron chi connectivity index (χ4n) is 5.64. The Labute approximate surface area is 224 Å². The Bertz CT molecular complexity index is 1370. The number of ketones is 1. The third-order valence-corrected chi connectivity index (χ3v) is 7.27. The summed E-state index contributed by atoms with van der Waals surface area (Å²) in [6.45, 7) is 5.93. The van der Waals surface area contributed by atoms with E-state index in [1.807, 2.05) is 93.6 Å². The van der Waals surface area contributed by atoms with E-state index in [2.05, 4.69) is 12.1 Å². The van der Waals surface area contributed by atoms with Crippen LogP contribution < -0.4 is 4.74 Å². The van der Waals surface area contributed by atoms with Gasteiger partial charge in [-0.05, 0) is 50.3 Å². The number of fused-ring (bicyclic) bond motifs is 1. The molecule has 194 valence electrons. The van der Waals surface area contributed by atoms with Gasteiger partial charge in [0.2, 0.25) is 0 Å². The Morgan fingerprint density at radius 2 is 1.55 bits per heavy atom. The van der Waals surface area contributed by atoms with Crippen molar-refractivity contribution < 1.29 is 19.1 Å². The van der Waals surface area contributed by atoms with Crippen molar-refractivity contribution in [2.45, 2.75) is 58.2 Å². The summed E-state index contributed by atoms with van der Waals surface area (Å²) >= 11 is 0. The zero-order valence-corrected chi connectivity index (χ0v) is 22.1. The van der Waals surface area contributed by atoms with Gasteiger partial charge in [0.25, 0.3) is 0 Å². The number of para-hydroxylation sites is 1. The number of Topliss-reactive ketones (excluding diaryl/α,β-unsaturated/α-hetero) is 1. The van der Waals surface area contributed by atoms with E-state index in [1.165, 1.54) is 0 Å². The third-order valence-electron chi connectivity index (χ3n) is 7.27. The van der Waals surface area contributed by atoms with Crippen molar-refractivity contribution in [1.82, 2.24) is 0 Å². The highest BCUT2D eigenvalue weighted by Gasteiger charge is 2.47. The standard InChI is InChI=1S/C33H33NO4/c1-21(2)38-29-17-11-10-16-26(29)31-30(33(36)37-20-23-12-6-4-7-13-23)22(3)34-27-18-25(19-28(35)32(27)31)24-14-8-5-9-15-24/h4-17,21,25,31-32H,18-20H2,1-3H3. The number of hydrogen-bond donors (Lipinski definition) is 0. The molecule has 1 aliphatic carbocycles. The molecule has 0 saturated heterocycles. The molecule has 3 aromatic rings. The molecule has 2 aliphatic rings. The summed E-state index contributed by atoms with van der Waals surface area (Å²) in [5, 5.41) is 0. The summed E-state index contributed by atoms with van der Waals surface area (Å²) in [5.74, 6) is -0.667. The van der Waals surface area contributed by atoms with E-state index in [0.29, 0.717) is 29.9 Å². The Hall–Kier alpha value is -3.99. The van der Waals surface area contributed by atoms with Crippen LogP contribution in [0.15, 0.2) is 101 Å². The number of hydrogen-bond acceptors (Lipinski definition) is 5. The minimum absolute atomic E-state index is 0.0593. The Kier molecular flexibility index (Phi) is 7.54. The average molecular weight is 508 g/mol. The molecule has 3 atom stereocenters. The number of allylic oxidation sites excluding steroid dienone is 1. The highest BCUT2D eigenvalue weighted by molar-refractivity contribution is 6.12. The summed E-state index contributed by atoms with van der Waals surface area (Å²) in [7, 11) is 0. The van der Waals surface area contributed by atoms with E-state index in [-0.39, 0.29) is 24.4 Å².